The first-order valence-electron chi connectivity index (χ1n) is 8.38. The molecule has 0 radical (unpaired) electrons. The Morgan fingerprint density at radius 1 is 1.32 bits per heavy atom. The Morgan fingerprint density at radius 3 is 3.09 bits per heavy atom. The molecule has 1 atom stereocenters. The van der Waals surface area contributed by atoms with Crippen LogP contribution in [0.15, 0.2) is 0 Å². The number of aromatic nitrogens is 2. The van der Waals surface area contributed by atoms with Crippen molar-refractivity contribution in [3.63, 3.8) is 0 Å². The SMILES string of the molecule is O=C(NCCOCC1CCCO1)c1n[nH]c2c1CCCCC2. The number of rotatable bonds is 6. The number of fused-ring (bicyclic) bond motifs is 1. The van der Waals surface area contributed by atoms with Crippen molar-refractivity contribution in [2.45, 2.75) is 51.0 Å². The highest BCUT2D eigenvalue weighted by atomic mass is 16.5. The van der Waals surface area contributed by atoms with Crippen molar-refractivity contribution in [1.29, 1.82) is 0 Å². The van der Waals surface area contributed by atoms with Gasteiger partial charge in [0.2, 0.25) is 0 Å². The fourth-order valence-electron chi connectivity index (χ4n) is 3.16. The molecule has 122 valence electrons. The molecule has 1 fully saturated rings. The Kier molecular flexibility index (Phi) is 5.45. The van der Waals surface area contributed by atoms with Gasteiger partial charge in [0.1, 0.15) is 0 Å². The third-order valence-corrected chi connectivity index (χ3v) is 4.38. The van der Waals surface area contributed by atoms with Crippen LogP contribution in [-0.4, -0.2) is 48.6 Å². The van der Waals surface area contributed by atoms with E-state index in [2.05, 4.69) is 15.5 Å². The number of nitrogens with one attached hydrogen (secondary N) is 2. The fraction of sp³-hybridized carbons (Fsp3) is 0.750. The van der Waals surface area contributed by atoms with Gasteiger partial charge >= 0.3 is 0 Å². The van der Waals surface area contributed by atoms with Crippen LogP contribution in [0, 0.1) is 0 Å². The topological polar surface area (TPSA) is 76.2 Å². The van der Waals surface area contributed by atoms with Gasteiger partial charge in [-0.05, 0) is 38.5 Å². The summed E-state index contributed by atoms with van der Waals surface area (Å²) in [5.41, 5.74) is 2.81. The van der Waals surface area contributed by atoms with E-state index in [1.165, 1.54) is 12.8 Å². The standard InChI is InChI=1S/C16H25N3O3/c20-16(17-8-10-21-11-12-5-4-9-22-12)15-13-6-2-1-3-7-14(13)18-19-15/h12H,1-11H2,(H,17,20)(H,18,19). The molecule has 0 spiro atoms. The highest BCUT2D eigenvalue weighted by Gasteiger charge is 2.20. The molecule has 6 nitrogen and oxygen atoms in total. The molecule has 1 saturated heterocycles. The lowest BCUT2D eigenvalue weighted by atomic mass is 10.1. The molecule has 1 unspecified atom stereocenters. The molecule has 1 aromatic heterocycles. The van der Waals surface area contributed by atoms with Gasteiger partial charge in [0, 0.05) is 24.4 Å². The zero-order valence-corrected chi connectivity index (χ0v) is 13.0. The van der Waals surface area contributed by atoms with Gasteiger partial charge in [-0.3, -0.25) is 9.89 Å². The minimum absolute atomic E-state index is 0.0971. The number of aromatic amines is 1. The van der Waals surface area contributed by atoms with Crippen LogP contribution in [0.2, 0.25) is 0 Å². The molecule has 3 rings (SSSR count). The van der Waals surface area contributed by atoms with Crippen LogP contribution in [0.3, 0.4) is 0 Å². The molecule has 0 aromatic carbocycles. The van der Waals surface area contributed by atoms with E-state index in [9.17, 15) is 4.79 Å². The molecule has 1 aliphatic heterocycles. The number of carbonyl (C=O) groups is 1. The first-order chi connectivity index (χ1) is 10.8. The van der Waals surface area contributed by atoms with E-state index in [1.54, 1.807) is 0 Å². The van der Waals surface area contributed by atoms with Crippen molar-refractivity contribution in [2.75, 3.05) is 26.4 Å². The molecular weight excluding hydrogens is 282 g/mol. The summed E-state index contributed by atoms with van der Waals surface area (Å²) in [6.07, 6.45) is 7.91. The molecule has 0 saturated carbocycles. The number of ether oxygens (including phenoxy) is 2. The van der Waals surface area contributed by atoms with E-state index in [1.807, 2.05) is 0 Å². The maximum Gasteiger partial charge on any atom is 0.272 e. The summed E-state index contributed by atoms with van der Waals surface area (Å²) in [5, 5.41) is 10.1. The van der Waals surface area contributed by atoms with Gasteiger partial charge in [-0.25, -0.2) is 0 Å². The second-order valence-electron chi connectivity index (χ2n) is 6.06. The largest absolute Gasteiger partial charge is 0.377 e. The van der Waals surface area contributed by atoms with Crippen LogP contribution in [0.25, 0.3) is 0 Å². The molecule has 2 aliphatic rings. The molecular formula is C16H25N3O3. The Bertz CT molecular complexity index is 495. The van der Waals surface area contributed by atoms with Crippen molar-refractivity contribution < 1.29 is 14.3 Å². The fourth-order valence-corrected chi connectivity index (χ4v) is 3.16. The van der Waals surface area contributed by atoms with Crippen molar-refractivity contribution in [3.05, 3.63) is 17.0 Å². The molecule has 1 amide bonds. The molecule has 22 heavy (non-hydrogen) atoms. The van der Waals surface area contributed by atoms with E-state index in [-0.39, 0.29) is 12.0 Å². The number of aryl methyl sites for hydroxylation is 1. The number of nitrogens with zero attached hydrogens (tertiary/aromatic N) is 1. The minimum Gasteiger partial charge on any atom is -0.377 e. The lowest BCUT2D eigenvalue weighted by Gasteiger charge is -2.10. The lowest BCUT2D eigenvalue weighted by Crippen LogP contribution is -2.29. The lowest BCUT2D eigenvalue weighted by molar-refractivity contribution is 0.0183. The molecule has 6 heteroatoms. The number of hydrogen-bond acceptors (Lipinski definition) is 4. The van der Waals surface area contributed by atoms with Crippen molar-refractivity contribution in [2.24, 2.45) is 0 Å². The highest BCUT2D eigenvalue weighted by Crippen LogP contribution is 2.21. The summed E-state index contributed by atoms with van der Waals surface area (Å²) in [5.74, 6) is -0.0971. The molecule has 2 N–H and O–H groups in total. The first kappa shape index (κ1) is 15.5. The summed E-state index contributed by atoms with van der Waals surface area (Å²) in [6.45, 7) is 2.48. The summed E-state index contributed by atoms with van der Waals surface area (Å²) in [6, 6.07) is 0. The minimum atomic E-state index is -0.0971. The average molecular weight is 307 g/mol. The van der Waals surface area contributed by atoms with Crippen LogP contribution in [-0.2, 0) is 22.3 Å². The number of H-pyrrole nitrogens is 1. The Morgan fingerprint density at radius 2 is 2.23 bits per heavy atom. The second-order valence-corrected chi connectivity index (χ2v) is 6.06. The average Bonchev–Trinajstić information content (AvgIpc) is 3.12. The monoisotopic (exact) mass is 307 g/mol. The van der Waals surface area contributed by atoms with Crippen LogP contribution in [0.4, 0.5) is 0 Å². The van der Waals surface area contributed by atoms with Gasteiger partial charge in [-0.1, -0.05) is 6.42 Å². The van der Waals surface area contributed by atoms with Crippen LogP contribution in [0.5, 0.6) is 0 Å². The number of amides is 1. The predicted octanol–water partition coefficient (Wildman–Crippen LogP) is 1.60. The van der Waals surface area contributed by atoms with Gasteiger partial charge in [0.05, 0.1) is 19.3 Å². The Hall–Kier alpha value is -1.40. The van der Waals surface area contributed by atoms with Gasteiger partial charge in [0.25, 0.3) is 5.91 Å². The van der Waals surface area contributed by atoms with Crippen LogP contribution in [0.1, 0.15) is 53.8 Å². The van der Waals surface area contributed by atoms with Gasteiger partial charge in [0.15, 0.2) is 5.69 Å². The van der Waals surface area contributed by atoms with Crippen molar-refractivity contribution in [1.82, 2.24) is 15.5 Å². The maximum atomic E-state index is 12.2. The Balaban J connectivity index is 1.41. The summed E-state index contributed by atoms with van der Waals surface area (Å²) < 4.78 is 11.0. The van der Waals surface area contributed by atoms with Crippen LogP contribution < -0.4 is 5.32 Å². The maximum absolute atomic E-state index is 12.2. The van der Waals surface area contributed by atoms with E-state index in [0.29, 0.717) is 25.5 Å². The van der Waals surface area contributed by atoms with E-state index in [0.717, 1.165) is 50.0 Å². The Labute approximate surface area is 130 Å². The normalized spacial score (nSPS) is 21.4. The molecule has 1 aliphatic carbocycles. The predicted molar refractivity (Wildman–Crippen MR) is 82.0 cm³/mol. The number of carbonyl (C=O) groups excluding carboxylic acids is 1. The van der Waals surface area contributed by atoms with Crippen molar-refractivity contribution in [3.8, 4) is 0 Å². The molecule has 0 bridgehead atoms. The van der Waals surface area contributed by atoms with Gasteiger partial charge in [-0.15, -0.1) is 0 Å². The van der Waals surface area contributed by atoms with E-state index in [4.69, 9.17) is 9.47 Å². The third kappa shape index (κ3) is 3.87. The second kappa shape index (κ2) is 7.74. The van der Waals surface area contributed by atoms with E-state index < -0.39 is 0 Å². The van der Waals surface area contributed by atoms with Crippen LogP contribution >= 0.6 is 0 Å². The quantitative estimate of drug-likeness (QED) is 0.618. The number of hydrogen-bond donors (Lipinski definition) is 2. The van der Waals surface area contributed by atoms with E-state index >= 15 is 0 Å². The summed E-state index contributed by atoms with van der Waals surface area (Å²) in [7, 11) is 0. The molecule has 1 aromatic rings. The highest BCUT2D eigenvalue weighted by molar-refractivity contribution is 5.93. The third-order valence-electron chi connectivity index (χ3n) is 4.38. The first-order valence-corrected chi connectivity index (χ1v) is 8.38. The summed E-state index contributed by atoms with van der Waals surface area (Å²) in [4.78, 5) is 12.2. The smallest absolute Gasteiger partial charge is 0.272 e. The zero-order valence-electron chi connectivity index (χ0n) is 13.0. The van der Waals surface area contributed by atoms with Gasteiger partial charge in [-0.2, -0.15) is 5.10 Å². The van der Waals surface area contributed by atoms with Crippen molar-refractivity contribution >= 4 is 5.91 Å². The molecule has 2 heterocycles. The zero-order chi connectivity index (χ0) is 15.2. The summed E-state index contributed by atoms with van der Waals surface area (Å²) >= 11 is 0. The van der Waals surface area contributed by atoms with Gasteiger partial charge < -0.3 is 14.8 Å².